The third-order valence-corrected chi connectivity index (χ3v) is 3.78. The third-order valence-electron chi connectivity index (χ3n) is 3.78. The minimum Gasteiger partial charge on any atom is -0.0622 e. The van der Waals surface area contributed by atoms with Gasteiger partial charge in [0.15, 0.2) is 0 Å². The predicted molar refractivity (Wildman–Crippen MR) is 52.9 cm³/mol. The Morgan fingerprint density at radius 3 is 2.08 bits per heavy atom. The van der Waals surface area contributed by atoms with E-state index in [2.05, 4.69) is 27.7 Å². The Morgan fingerprint density at radius 2 is 1.75 bits per heavy atom. The molecule has 0 bridgehead atoms. The van der Waals surface area contributed by atoms with E-state index < -0.39 is 0 Å². The van der Waals surface area contributed by atoms with Gasteiger partial charge in [-0.2, -0.15) is 0 Å². The van der Waals surface area contributed by atoms with Crippen molar-refractivity contribution >= 4 is 0 Å². The van der Waals surface area contributed by atoms with Gasteiger partial charge in [0.2, 0.25) is 0 Å². The highest BCUT2D eigenvalue weighted by Gasteiger charge is 2.52. The second-order valence-corrected chi connectivity index (χ2v) is 6.30. The number of hydrogen-bond acceptors (Lipinski definition) is 0. The van der Waals surface area contributed by atoms with Gasteiger partial charge in [-0.15, -0.1) is 0 Å². The van der Waals surface area contributed by atoms with Crippen LogP contribution in [0.3, 0.4) is 0 Å². The molecule has 0 amide bonds. The maximum Gasteiger partial charge on any atom is -0.0352 e. The Kier molecular flexibility index (Phi) is 1.79. The smallest absolute Gasteiger partial charge is 0.0352 e. The molecule has 0 aliphatic heterocycles. The molecule has 70 valence electrons. The molecule has 0 heteroatoms. The molecule has 0 spiro atoms. The van der Waals surface area contributed by atoms with Crippen LogP contribution < -0.4 is 0 Å². The molecule has 0 N–H and O–H groups in total. The fourth-order valence-electron chi connectivity index (χ4n) is 3.28. The summed E-state index contributed by atoms with van der Waals surface area (Å²) in [7, 11) is 0. The number of fused-ring (bicyclic) bond motifs is 1. The topological polar surface area (TPSA) is 0 Å². The molecule has 0 aromatic carbocycles. The lowest BCUT2D eigenvalue weighted by molar-refractivity contribution is 0.269. The van der Waals surface area contributed by atoms with Crippen LogP contribution >= 0.6 is 0 Å². The molecular formula is C12H22. The van der Waals surface area contributed by atoms with Crippen LogP contribution in [0.2, 0.25) is 0 Å². The van der Waals surface area contributed by atoms with Crippen molar-refractivity contribution in [2.24, 2.45) is 29.1 Å². The van der Waals surface area contributed by atoms with Crippen molar-refractivity contribution in [3.05, 3.63) is 0 Å². The molecule has 2 aliphatic rings. The maximum atomic E-state index is 2.45. The van der Waals surface area contributed by atoms with Gasteiger partial charge < -0.3 is 0 Å². The van der Waals surface area contributed by atoms with Crippen molar-refractivity contribution in [3.8, 4) is 0 Å². The van der Waals surface area contributed by atoms with Gasteiger partial charge in [0, 0.05) is 0 Å². The Labute approximate surface area is 76.7 Å². The van der Waals surface area contributed by atoms with Crippen LogP contribution in [0.4, 0.5) is 0 Å². The van der Waals surface area contributed by atoms with E-state index in [9.17, 15) is 0 Å². The summed E-state index contributed by atoms with van der Waals surface area (Å²) < 4.78 is 0. The summed E-state index contributed by atoms with van der Waals surface area (Å²) in [6, 6.07) is 0. The molecule has 4 unspecified atom stereocenters. The minimum absolute atomic E-state index is 0.557. The SMILES string of the molecule is CC1CC(CC(C)(C)C)C2CC12. The van der Waals surface area contributed by atoms with Gasteiger partial charge in [-0.25, -0.2) is 0 Å². The summed E-state index contributed by atoms with van der Waals surface area (Å²) in [4.78, 5) is 0. The zero-order valence-corrected chi connectivity index (χ0v) is 8.93. The lowest BCUT2D eigenvalue weighted by Crippen LogP contribution is -2.13. The van der Waals surface area contributed by atoms with Crippen molar-refractivity contribution < 1.29 is 0 Å². The van der Waals surface area contributed by atoms with Crippen LogP contribution in [0.25, 0.3) is 0 Å². The molecule has 0 aromatic heterocycles. The van der Waals surface area contributed by atoms with Crippen LogP contribution in [0.1, 0.15) is 47.0 Å². The van der Waals surface area contributed by atoms with E-state index in [1.54, 1.807) is 6.42 Å². The molecular weight excluding hydrogens is 144 g/mol. The monoisotopic (exact) mass is 166 g/mol. The van der Waals surface area contributed by atoms with Crippen molar-refractivity contribution in [1.29, 1.82) is 0 Å². The zero-order chi connectivity index (χ0) is 8.93. The van der Waals surface area contributed by atoms with Gasteiger partial charge in [-0.1, -0.05) is 27.7 Å². The summed E-state index contributed by atoms with van der Waals surface area (Å²) in [6.07, 6.45) is 4.53. The van der Waals surface area contributed by atoms with Crippen molar-refractivity contribution in [2.75, 3.05) is 0 Å². The summed E-state index contributed by atoms with van der Waals surface area (Å²) in [5.74, 6) is 4.39. The molecule has 4 atom stereocenters. The van der Waals surface area contributed by atoms with Crippen LogP contribution in [0.15, 0.2) is 0 Å². The first-order valence-electron chi connectivity index (χ1n) is 5.47. The second kappa shape index (κ2) is 2.49. The normalized spacial score (nSPS) is 46.0. The fourth-order valence-corrected chi connectivity index (χ4v) is 3.28. The van der Waals surface area contributed by atoms with E-state index in [1.165, 1.54) is 12.8 Å². The van der Waals surface area contributed by atoms with Crippen molar-refractivity contribution in [2.45, 2.75) is 47.0 Å². The Bertz CT molecular complexity index is 175. The fraction of sp³-hybridized carbons (Fsp3) is 1.00. The molecule has 0 saturated heterocycles. The molecule has 2 saturated carbocycles. The van der Waals surface area contributed by atoms with E-state index in [0.717, 1.165) is 23.7 Å². The largest absolute Gasteiger partial charge is 0.0622 e. The average molecular weight is 166 g/mol. The van der Waals surface area contributed by atoms with E-state index in [-0.39, 0.29) is 0 Å². The van der Waals surface area contributed by atoms with E-state index in [0.29, 0.717) is 5.41 Å². The molecule has 2 aliphatic carbocycles. The summed E-state index contributed by atoms with van der Waals surface area (Å²) in [6.45, 7) is 9.60. The summed E-state index contributed by atoms with van der Waals surface area (Å²) in [5.41, 5.74) is 0.557. The highest BCUT2D eigenvalue weighted by Crippen LogP contribution is 2.60. The van der Waals surface area contributed by atoms with E-state index in [1.807, 2.05) is 0 Å². The average Bonchev–Trinajstić information content (AvgIpc) is 2.54. The number of hydrogen-bond donors (Lipinski definition) is 0. The van der Waals surface area contributed by atoms with Gasteiger partial charge in [-0.05, 0) is 48.3 Å². The highest BCUT2D eigenvalue weighted by molar-refractivity contribution is 5.01. The molecule has 0 radical (unpaired) electrons. The van der Waals surface area contributed by atoms with Crippen LogP contribution in [-0.2, 0) is 0 Å². The third kappa shape index (κ3) is 1.53. The Balaban J connectivity index is 1.91. The highest BCUT2D eigenvalue weighted by atomic mass is 14.6. The molecule has 2 fully saturated rings. The first kappa shape index (κ1) is 8.59. The van der Waals surface area contributed by atoms with Gasteiger partial charge in [0.1, 0.15) is 0 Å². The summed E-state index contributed by atoms with van der Waals surface area (Å²) >= 11 is 0. The second-order valence-electron chi connectivity index (χ2n) is 6.30. The Hall–Kier alpha value is 0. The van der Waals surface area contributed by atoms with Crippen LogP contribution in [-0.4, -0.2) is 0 Å². The molecule has 0 nitrogen and oxygen atoms in total. The van der Waals surface area contributed by atoms with Crippen molar-refractivity contribution in [3.63, 3.8) is 0 Å². The van der Waals surface area contributed by atoms with Crippen LogP contribution in [0, 0.1) is 29.1 Å². The minimum atomic E-state index is 0.557. The van der Waals surface area contributed by atoms with Gasteiger partial charge >= 0.3 is 0 Å². The van der Waals surface area contributed by atoms with E-state index >= 15 is 0 Å². The molecule has 0 aromatic rings. The standard InChI is InChI=1S/C12H22/c1-8-5-9(7-12(2,3)4)11-6-10(8)11/h8-11H,5-7H2,1-4H3. The van der Waals surface area contributed by atoms with E-state index in [4.69, 9.17) is 0 Å². The zero-order valence-electron chi connectivity index (χ0n) is 8.93. The Morgan fingerprint density at radius 1 is 1.08 bits per heavy atom. The van der Waals surface area contributed by atoms with Crippen LogP contribution in [0.5, 0.6) is 0 Å². The predicted octanol–water partition coefficient (Wildman–Crippen LogP) is 3.71. The maximum absolute atomic E-state index is 2.45. The van der Waals surface area contributed by atoms with Crippen molar-refractivity contribution in [1.82, 2.24) is 0 Å². The summed E-state index contributed by atoms with van der Waals surface area (Å²) in [5, 5.41) is 0. The lowest BCUT2D eigenvalue weighted by atomic mass is 9.82. The molecule has 12 heavy (non-hydrogen) atoms. The van der Waals surface area contributed by atoms with Gasteiger partial charge in [-0.3, -0.25) is 0 Å². The first-order valence-corrected chi connectivity index (χ1v) is 5.47. The van der Waals surface area contributed by atoms with Gasteiger partial charge in [0.25, 0.3) is 0 Å². The lowest BCUT2D eigenvalue weighted by Gasteiger charge is -2.24. The number of rotatable bonds is 1. The van der Waals surface area contributed by atoms with Gasteiger partial charge in [0.05, 0.1) is 0 Å². The molecule has 0 heterocycles. The quantitative estimate of drug-likeness (QED) is 0.557. The molecule has 2 rings (SSSR count). The first-order chi connectivity index (χ1) is 5.47.